The average molecular weight is 335 g/mol. The molecule has 2 rings (SSSR count). The molecule has 1 aromatic rings. The Morgan fingerprint density at radius 1 is 1.08 bits per heavy atom. The summed E-state index contributed by atoms with van der Waals surface area (Å²) in [6.07, 6.45) is 0.401. The second-order valence-electron chi connectivity index (χ2n) is 6.39. The molecule has 0 bridgehead atoms. The molecule has 1 aliphatic heterocycles. The highest BCUT2D eigenvalue weighted by molar-refractivity contribution is 5.79. The van der Waals surface area contributed by atoms with Crippen LogP contribution in [0.4, 0.5) is 0 Å². The first-order valence-electron chi connectivity index (χ1n) is 8.39. The van der Waals surface area contributed by atoms with Gasteiger partial charge in [-0.15, -0.1) is 0 Å². The molecule has 0 unspecified atom stereocenters. The summed E-state index contributed by atoms with van der Waals surface area (Å²) in [4.78, 5) is 19.1. The largest absolute Gasteiger partial charge is 0.493 e. The van der Waals surface area contributed by atoms with E-state index in [-0.39, 0.29) is 5.91 Å². The Kier molecular flexibility index (Phi) is 6.87. The summed E-state index contributed by atoms with van der Waals surface area (Å²) in [6, 6.07) is 5.65. The number of amides is 1. The zero-order valence-electron chi connectivity index (χ0n) is 15.2. The first kappa shape index (κ1) is 18.5. The lowest BCUT2D eigenvalue weighted by Gasteiger charge is -2.35. The molecule has 0 N–H and O–H groups in total. The second kappa shape index (κ2) is 8.89. The number of piperazine rings is 1. The minimum atomic E-state index is 0.175. The molecule has 1 fully saturated rings. The number of likely N-dealkylation sites (N-methyl/N-ethyl adjacent to an activating group) is 1. The Hall–Kier alpha value is -1.79. The number of rotatable bonds is 7. The Labute approximate surface area is 144 Å². The lowest BCUT2D eigenvalue weighted by atomic mass is 10.1. The number of ether oxygens (including phenoxy) is 2. The molecule has 134 valence electrons. The van der Waals surface area contributed by atoms with Gasteiger partial charge in [-0.1, -0.05) is 6.07 Å². The number of benzene rings is 1. The van der Waals surface area contributed by atoms with Crippen molar-refractivity contribution in [1.29, 1.82) is 0 Å². The van der Waals surface area contributed by atoms with Gasteiger partial charge in [0.05, 0.1) is 20.6 Å². The molecule has 1 saturated heterocycles. The van der Waals surface area contributed by atoms with Crippen LogP contribution >= 0.6 is 0 Å². The first-order chi connectivity index (χ1) is 11.5. The number of hydrogen-bond donors (Lipinski definition) is 0. The normalized spacial score (nSPS) is 15.6. The molecule has 0 spiro atoms. The molecule has 0 atom stereocenters. The topological polar surface area (TPSA) is 45.2 Å². The van der Waals surface area contributed by atoms with Crippen molar-refractivity contribution in [2.24, 2.45) is 0 Å². The lowest BCUT2D eigenvalue weighted by molar-refractivity contribution is -0.132. The smallest absolute Gasteiger partial charge is 0.227 e. The summed E-state index contributed by atoms with van der Waals surface area (Å²) in [5, 5.41) is 0. The van der Waals surface area contributed by atoms with Crippen LogP contribution in [0, 0.1) is 0 Å². The van der Waals surface area contributed by atoms with Crippen LogP contribution in [0.15, 0.2) is 18.2 Å². The minimum absolute atomic E-state index is 0.175. The van der Waals surface area contributed by atoms with E-state index in [9.17, 15) is 4.79 Å². The first-order valence-corrected chi connectivity index (χ1v) is 8.39. The standard InChI is InChI=1S/C18H29N3O3/c1-19(2)7-8-20-9-11-21(12-10-20)18(22)14-15-5-6-16(23-3)17(13-15)24-4/h5-6,13H,7-12,14H2,1-4H3. The summed E-state index contributed by atoms with van der Waals surface area (Å²) in [6.45, 7) is 5.63. The van der Waals surface area contributed by atoms with Crippen molar-refractivity contribution in [3.8, 4) is 11.5 Å². The van der Waals surface area contributed by atoms with Crippen LogP contribution in [-0.2, 0) is 11.2 Å². The number of hydrogen-bond acceptors (Lipinski definition) is 5. The third kappa shape index (κ3) is 5.11. The van der Waals surface area contributed by atoms with Crippen LogP contribution in [0.25, 0.3) is 0 Å². The van der Waals surface area contributed by atoms with Crippen molar-refractivity contribution in [3.05, 3.63) is 23.8 Å². The van der Waals surface area contributed by atoms with Crippen LogP contribution in [0.5, 0.6) is 11.5 Å². The molecular weight excluding hydrogens is 306 g/mol. The number of methoxy groups -OCH3 is 2. The molecule has 24 heavy (non-hydrogen) atoms. The van der Waals surface area contributed by atoms with Gasteiger partial charge >= 0.3 is 0 Å². The van der Waals surface area contributed by atoms with Gasteiger partial charge in [0.2, 0.25) is 5.91 Å². The van der Waals surface area contributed by atoms with Crippen molar-refractivity contribution in [3.63, 3.8) is 0 Å². The van der Waals surface area contributed by atoms with E-state index in [4.69, 9.17) is 9.47 Å². The molecule has 1 amide bonds. The van der Waals surface area contributed by atoms with E-state index in [2.05, 4.69) is 23.9 Å². The fraction of sp³-hybridized carbons (Fsp3) is 0.611. The molecule has 1 heterocycles. The van der Waals surface area contributed by atoms with Gasteiger partial charge in [0.25, 0.3) is 0 Å². The van der Waals surface area contributed by atoms with Gasteiger partial charge in [0.15, 0.2) is 11.5 Å². The third-order valence-electron chi connectivity index (χ3n) is 4.39. The molecule has 1 aromatic carbocycles. The monoisotopic (exact) mass is 335 g/mol. The number of carbonyl (C=O) groups is 1. The van der Waals surface area contributed by atoms with Crippen molar-refractivity contribution in [2.75, 3.05) is 67.6 Å². The Balaban J connectivity index is 1.85. The molecular formula is C18H29N3O3. The van der Waals surface area contributed by atoms with E-state index in [1.807, 2.05) is 23.1 Å². The second-order valence-corrected chi connectivity index (χ2v) is 6.39. The van der Waals surface area contributed by atoms with E-state index < -0.39 is 0 Å². The molecule has 0 aromatic heterocycles. The number of nitrogens with zero attached hydrogens (tertiary/aromatic N) is 3. The predicted octanol–water partition coefficient (Wildman–Crippen LogP) is 0.952. The van der Waals surface area contributed by atoms with E-state index in [1.165, 1.54) is 0 Å². The lowest BCUT2D eigenvalue weighted by Crippen LogP contribution is -2.50. The maximum Gasteiger partial charge on any atom is 0.227 e. The van der Waals surface area contributed by atoms with Gasteiger partial charge in [-0.05, 0) is 31.8 Å². The third-order valence-corrected chi connectivity index (χ3v) is 4.39. The highest BCUT2D eigenvalue weighted by Crippen LogP contribution is 2.27. The molecule has 0 aliphatic carbocycles. The van der Waals surface area contributed by atoms with Gasteiger partial charge < -0.3 is 19.3 Å². The Bertz CT molecular complexity index is 540. The van der Waals surface area contributed by atoms with Gasteiger partial charge in [0, 0.05) is 39.3 Å². The maximum absolute atomic E-state index is 12.5. The Morgan fingerprint density at radius 2 is 1.75 bits per heavy atom. The van der Waals surface area contributed by atoms with Crippen LogP contribution in [0.1, 0.15) is 5.56 Å². The molecule has 6 nitrogen and oxygen atoms in total. The minimum Gasteiger partial charge on any atom is -0.493 e. The van der Waals surface area contributed by atoms with Crippen molar-refractivity contribution in [2.45, 2.75) is 6.42 Å². The van der Waals surface area contributed by atoms with Gasteiger partial charge in [-0.2, -0.15) is 0 Å². The van der Waals surface area contributed by atoms with E-state index in [1.54, 1.807) is 14.2 Å². The molecule has 0 saturated carbocycles. The van der Waals surface area contributed by atoms with Crippen LogP contribution < -0.4 is 9.47 Å². The number of carbonyl (C=O) groups excluding carboxylic acids is 1. The van der Waals surface area contributed by atoms with Gasteiger partial charge in [-0.3, -0.25) is 9.69 Å². The molecule has 6 heteroatoms. The zero-order valence-corrected chi connectivity index (χ0v) is 15.2. The maximum atomic E-state index is 12.5. The summed E-state index contributed by atoms with van der Waals surface area (Å²) < 4.78 is 10.5. The predicted molar refractivity (Wildman–Crippen MR) is 94.8 cm³/mol. The molecule has 0 radical (unpaired) electrons. The Morgan fingerprint density at radius 3 is 2.33 bits per heavy atom. The van der Waals surface area contributed by atoms with Crippen molar-refractivity contribution in [1.82, 2.24) is 14.7 Å². The van der Waals surface area contributed by atoms with Crippen LogP contribution in [0.2, 0.25) is 0 Å². The van der Waals surface area contributed by atoms with Gasteiger partial charge in [0.1, 0.15) is 0 Å². The zero-order chi connectivity index (χ0) is 17.5. The van der Waals surface area contributed by atoms with E-state index >= 15 is 0 Å². The summed E-state index contributed by atoms with van der Waals surface area (Å²) in [7, 11) is 7.39. The highest BCUT2D eigenvalue weighted by atomic mass is 16.5. The summed E-state index contributed by atoms with van der Waals surface area (Å²) >= 11 is 0. The summed E-state index contributed by atoms with van der Waals surface area (Å²) in [5.74, 6) is 1.52. The molecule has 1 aliphatic rings. The quantitative estimate of drug-likeness (QED) is 0.742. The fourth-order valence-electron chi connectivity index (χ4n) is 2.84. The van der Waals surface area contributed by atoms with Crippen LogP contribution in [-0.4, -0.2) is 88.2 Å². The fourth-order valence-corrected chi connectivity index (χ4v) is 2.84. The van der Waals surface area contributed by atoms with E-state index in [0.29, 0.717) is 17.9 Å². The average Bonchev–Trinajstić information content (AvgIpc) is 2.60. The van der Waals surface area contributed by atoms with Crippen molar-refractivity contribution < 1.29 is 14.3 Å². The van der Waals surface area contributed by atoms with E-state index in [0.717, 1.165) is 44.8 Å². The summed E-state index contributed by atoms with van der Waals surface area (Å²) in [5.41, 5.74) is 0.952. The van der Waals surface area contributed by atoms with Gasteiger partial charge in [-0.25, -0.2) is 0 Å². The van der Waals surface area contributed by atoms with Crippen molar-refractivity contribution >= 4 is 5.91 Å². The highest BCUT2D eigenvalue weighted by Gasteiger charge is 2.21. The SMILES string of the molecule is COc1ccc(CC(=O)N2CCN(CCN(C)C)CC2)cc1OC. The van der Waals surface area contributed by atoms with Crippen LogP contribution in [0.3, 0.4) is 0 Å².